The molecule has 0 bridgehead atoms. The lowest BCUT2D eigenvalue weighted by molar-refractivity contribution is -0.122. The van der Waals surface area contributed by atoms with Gasteiger partial charge in [0.2, 0.25) is 5.91 Å². The number of carbonyl (C=O) groups is 1. The second-order valence-corrected chi connectivity index (χ2v) is 13.3. The van der Waals surface area contributed by atoms with E-state index in [2.05, 4.69) is 74.6 Å². The SMILES string of the molecule is CC(C)(C)[Si](OC[C@@H]1CCNC(=O)CC[C@H]1O)(c1ccccc1)c1ccccc1. The molecular formula is C24H33NO3Si. The molecule has 156 valence electrons. The van der Waals surface area contributed by atoms with Gasteiger partial charge in [0.15, 0.2) is 0 Å². The first-order valence-electron chi connectivity index (χ1n) is 10.5. The van der Waals surface area contributed by atoms with E-state index in [0.29, 0.717) is 26.0 Å². The predicted octanol–water partition coefficient (Wildman–Crippen LogP) is 2.84. The second kappa shape index (κ2) is 9.24. The van der Waals surface area contributed by atoms with Crippen molar-refractivity contribution in [3.05, 3.63) is 60.7 Å². The van der Waals surface area contributed by atoms with Gasteiger partial charge in [-0.15, -0.1) is 0 Å². The maximum absolute atomic E-state index is 11.7. The van der Waals surface area contributed by atoms with Gasteiger partial charge in [0, 0.05) is 25.5 Å². The van der Waals surface area contributed by atoms with Crippen LogP contribution in [0, 0.1) is 5.92 Å². The molecule has 1 heterocycles. The zero-order valence-corrected chi connectivity index (χ0v) is 18.7. The lowest BCUT2D eigenvalue weighted by Gasteiger charge is -2.44. The zero-order valence-electron chi connectivity index (χ0n) is 17.7. The van der Waals surface area contributed by atoms with Crippen molar-refractivity contribution in [2.45, 2.75) is 51.2 Å². The fourth-order valence-electron chi connectivity index (χ4n) is 4.38. The van der Waals surface area contributed by atoms with Crippen molar-refractivity contribution < 1.29 is 14.3 Å². The Labute approximate surface area is 175 Å². The third-order valence-corrected chi connectivity index (χ3v) is 11.0. The number of rotatable bonds is 5. The highest BCUT2D eigenvalue weighted by molar-refractivity contribution is 6.99. The molecule has 0 aliphatic carbocycles. The number of nitrogens with one attached hydrogen (secondary N) is 1. The number of hydrogen-bond acceptors (Lipinski definition) is 3. The van der Waals surface area contributed by atoms with Crippen LogP contribution in [0.1, 0.15) is 40.0 Å². The summed E-state index contributed by atoms with van der Waals surface area (Å²) in [4.78, 5) is 11.7. The molecule has 1 fully saturated rings. The third kappa shape index (κ3) is 4.79. The molecule has 3 rings (SSSR count). The van der Waals surface area contributed by atoms with Crippen LogP contribution < -0.4 is 15.7 Å². The van der Waals surface area contributed by atoms with E-state index < -0.39 is 14.4 Å². The van der Waals surface area contributed by atoms with Crippen LogP contribution in [-0.4, -0.2) is 38.6 Å². The quantitative estimate of drug-likeness (QED) is 0.744. The molecule has 0 saturated carbocycles. The second-order valence-electron chi connectivity index (χ2n) is 8.98. The molecule has 1 aliphatic heterocycles. The van der Waals surface area contributed by atoms with Crippen LogP contribution in [0.4, 0.5) is 0 Å². The normalized spacial score (nSPS) is 21.2. The Kier molecular flexibility index (Phi) is 6.93. The van der Waals surface area contributed by atoms with Crippen molar-refractivity contribution in [2.24, 2.45) is 5.92 Å². The van der Waals surface area contributed by atoms with E-state index in [1.807, 2.05) is 12.1 Å². The molecule has 0 radical (unpaired) electrons. The van der Waals surface area contributed by atoms with Crippen LogP contribution in [0.3, 0.4) is 0 Å². The third-order valence-electron chi connectivity index (χ3n) is 5.98. The Hall–Kier alpha value is -1.95. The highest BCUT2D eigenvalue weighted by Crippen LogP contribution is 2.37. The van der Waals surface area contributed by atoms with Crippen LogP contribution >= 0.6 is 0 Å². The number of aliphatic hydroxyl groups excluding tert-OH is 1. The van der Waals surface area contributed by atoms with Gasteiger partial charge >= 0.3 is 0 Å². The van der Waals surface area contributed by atoms with Crippen molar-refractivity contribution in [3.63, 3.8) is 0 Å². The number of carbonyl (C=O) groups excluding carboxylic acids is 1. The molecule has 5 heteroatoms. The smallest absolute Gasteiger partial charge is 0.261 e. The summed E-state index contributed by atoms with van der Waals surface area (Å²) >= 11 is 0. The van der Waals surface area contributed by atoms with Crippen molar-refractivity contribution >= 4 is 24.6 Å². The Morgan fingerprint density at radius 1 is 1.00 bits per heavy atom. The Morgan fingerprint density at radius 3 is 2.07 bits per heavy atom. The predicted molar refractivity (Wildman–Crippen MR) is 120 cm³/mol. The van der Waals surface area contributed by atoms with E-state index in [1.54, 1.807) is 0 Å². The molecule has 0 spiro atoms. The van der Waals surface area contributed by atoms with E-state index >= 15 is 0 Å². The van der Waals surface area contributed by atoms with Gasteiger partial charge in [-0.05, 0) is 28.3 Å². The van der Waals surface area contributed by atoms with E-state index in [9.17, 15) is 9.90 Å². The first kappa shape index (κ1) is 21.7. The minimum absolute atomic E-state index is 0.0113. The summed E-state index contributed by atoms with van der Waals surface area (Å²) in [7, 11) is -2.60. The van der Waals surface area contributed by atoms with Gasteiger partial charge < -0.3 is 14.8 Å². The number of amides is 1. The van der Waals surface area contributed by atoms with Gasteiger partial charge in [0.05, 0.1) is 6.10 Å². The molecule has 0 aromatic heterocycles. The van der Waals surface area contributed by atoms with Gasteiger partial charge in [0.25, 0.3) is 8.32 Å². The molecule has 29 heavy (non-hydrogen) atoms. The summed E-state index contributed by atoms with van der Waals surface area (Å²) in [5.74, 6) is 0.0349. The average Bonchev–Trinajstić information content (AvgIpc) is 2.70. The number of aliphatic hydroxyl groups is 1. The lowest BCUT2D eigenvalue weighted by atomic mass is 9.94. The van der Waals surface area contributed by atoms with Gasteiger partial charge in [-0.3, -0.25) is 4.79 Å². The summed E-state index contributed by atoms with van der Waals surface area (Å²) in [6.45, 7) is 7.85. The van der Waals surface area contributed by atoms with Crippen molar-refractivity contribution in [2.75, 3.05) is 13.2 Å². The van der Waals surface area contributed by atoms with Gasteiger partial charge in [-0.2, -0.15) is 0 Å². The molecule has 1 amide bonds. The Bertz CT molecular complexity index is 749. The summed E-state index contributed by atoms with van der Waals surface area (Å²) in [5, 5.41) is 16.0. The Morgan fingerprint density at radius 2 is 1.55 bits per heavy atom. The monoisotopic (exact) mass is 411 g/mol. The molecule has 2 aromatic rings. The van der Waals surface area contributed by atoms with Gasteiger partial charge in [0.1, 0.15) is 0 Å². The summed E-state index contributed by atoms with van der Waals surface area (Å²) in [6, 6.07) is 21.1. The minimum atomic E-state index is -2.60. The molecular weight excluding hydrogens is 378 g/mol. The molecule has 2 atom stereocenters. The summed E-state index contributed by atoms with van der Waals surface area (Å²) in [5.41, 5.74) is 0. The fraction of sp³-hybridized carbons (Fsp3) is 0.458. The van der Waals surface area contributed by atoms with Gasteiger partial charge in [-0.25, -0.2) is 0 Å². The zero-order chi connectivity index (χ0) is 20.9. The summed E-state index contributed by atoms with van der Waals surface area (Å²) in [6.07, 6.45) is 1.07. The average molecular weight is 412 g/mol. The first-order chi connectivity index (χ1) is 13.8. The highest BCUT2D eigenvalue weighted by atomic mass is 28.4. The summed E-state index contributed by atoms with van der Waals surface area (Å²) < 4.78 is 6.97. The van der Waals surface area contributed by atoms with Crippen LogP contribution in [0.25, 0.3) is 0 Å². The molecule has 0 unspecified atom stereocenters. The molecule has 1 aliphatic rings. The lowest BCUT2D eigenvalue weighted by Crippen LogP contribution is -2.67. The number of benzene rings is 2. The molecule has 2 N–H and O–H groups in total. The maximum atomic E-state index is 11.7. The number of hydrogen-bond donors (Lipinski definition) is 2. The van der Waals surface area contributed by atoms with E-state index in [-0.39, 0.29) is 16.9 Å². The van der Waals surface area contributed by atoms with Crippen LogP contribution in [0.15, 0.2) is 60.7 Å². The van der Waals surface area contributed by atoms with Crippen LogP contribution in [0.5, 0.6) is 0 Å². The topological polar surface area (TPSA) is 58.6 Å². The largest absolute Gasteiger partial charge is 0.407 e. The molecule has 1 saturated heterocycles. The first-order valence-corrected chi connectivity index (χ1v) is 12.4. The standard InChI is InChI=1S/C24H33NO3Si/c1-24(2,3)29(20-10-6-4-7-11-20,21-12-8-5-9-13-21)28-18-19-16-17-25-23(27)15-14-22(19)26/h4-13,19,22,26H,14-18H2,1-3H3,(H,25,27)/t19-,22+/m0/s1. The van der Waals surface area contributed by atoms with Crippen molar-refractivity contribution in [3.8, 4) is 0 Å². The minimum Gasteiger partial charge on any atom is -0.407 e. The van der Waals surface area contributed by atoms with Crippen LogP contribution in [-0.2, 0) is 9.22 Å². The van der Waals surface area contributed by atoms with Gasteiger partial charge in [-0.1, -0.05) is 81.4 Å². The van der Waals surface area contributed by atoms with E-state index in [0.717, 1.165) is 6.42 Å². The van der Waals surface area contributed by atoms with E-state index in [4.69, 9.17) is 4.43 Å². The highest BCUT2D eigenvalue weighted by Gasteiger charge is 2.50. The van der Waals surface area contributed by atoms with Crippen molar-refractivity contribution in [1.29, 1.82) is 0 Å². The van der Waals surface area contributed by atoms with E-state index in [1.165, 1.54) is 10.4 Å². The Balaban J connectivity index is 1.96. The molecule has 2 aromatic carbocycles. The van der Waals surface area contributed by atoms with Crippen molar-refractivity contribution in [1.82, 2.24) is 5.32 Å². The fourth-order valence-corrected chi connectivity index (χ4v) is 9.00. The molecule has 4 nitrogen and oxygen atoms in total. The van der Waals surface area contributed by atoms with Crippen LogP contribution in [0.2, 0.25) is 5.04 Å². The maximum Gasteiger partial charge on any atom is 0.261 e.